The Balaban J connectivity index is 1.67. The molecule has 2 aromatic rings. The fourth-order valence-corrected chi connectivity index (χ4v) is 3.59. The highest BCUT2D eigenvalue weighted by Gasteiger charge is 2.18. The van der Waals surface area contributed by atoms with Crippen molar-refractivity contribution in [1.29, 1.82) is 0 Å². The van der Waals surface area contributed by atoms with Crippen molar-refractivity contribution >= 4 is 35.1 Å². The normalized spacial score (nSPS) is 13.0. The van der Waals surface area contributed by atoms with Gasteiger partial charge in [-0.05, 0) is 36.4 Å². The Morgan fingerprint density at radius 3 is 2.54 bits per heavy atom. The highest BCUT2D eigenvalue weighted by molar-refractivity contribution is 7.99. The van der Waals surface area contributed by atoms with Crippen molar-refractivity contribution in [3.8, 4) is 11.5 Å². The summed E-state index contributed by atoms with van der Waals surface area (Å²) in [5.74, 6) is 0.496. The number of methoxy groups -OCH3 is 2. The van der Waals surface area contributed by atoms with Gasteiger partial charge in [0.1, 0.15) is 0 Å². The Bertz CT molecular complexity index is 927. The first-order chi connectivity index (χ1) is 13.5. The van der Waals surface area contributed by atoms with Gasteiger partial charge in [0, 0.05) is 22.6 Å². The highest BCUT2D eigenvalue weighted by Crippen LogP contribution is 2.32. The number of ketones is 1. The summed E-state index contributed by atoms with van der Waals surface area (Å²) in [5.41, 5.74) is 1.19. The molecule has 0 unspecified atom stereocenters. The maximum atomic E-state index is 12.3. The molecule has 0 atom stereocenters. The number of thioether (sulfide) groups is 1. The highest BCUT2D eigenvalue weighted by atomic mass is 32.2. The van der Waals surface area contributed by atoms with E-state index in [0.29, 0.717) is 34.9 Å². The van der Waals surface area contributed by atoms with Crippen molar-refractivity contribution < 1.29 is 28.6 Å². The van der Waals surface area contributed by atoms with E-state index in [0.717, 1.165) is 4.90 Å². The topological polar surface area (TPSA) is 90.9 Å². The molecule has 0 bridgehead atoms. The van der Waals surface area contributed by atoms with Gasteiger partial charge in [0.25, 0.3) is 0 Å². The molecule has 0 aliphatic carbocycles. The standard InChI is InChI=1S/C20H19NO6S/c1-25-16-5-3-12(10-17(16)26-2)15(22)11-27-20(24)13-4-6-18-14(9-13)21-19(23)7-8-28-18/h3-6,9-10H,7-8,11H2,1-2H3,(H,21,23). The molecule has 0 saturated heterocycles. The van der Waals surface area contributed by atoms with Crippen LogP contribution in [0.5, 0.6) is 11.5 Å². The van der Waals surface area contributed by atoms with Gasteiger partial charge in [-0.25, -0.2) is 4.79 Å². The number of carbonyl (C=O) groups is 3. The summed E-state index contributed by atoms with van der Waals surface area (Å²) in [7, 11) is 2.98. The van der Waals surface area contributed by atoms with Gasteiger partial charge in [0.15, 0.2) is 23.9 Å². The number of rotatable bonds is 6. The zero-order valence-corrected chi connectivity index (χ0v) is 16.3. The minimum absolute atomic E-state index is 0.0969. The smallest absolute Gasteiger partial charge is 0.338 e. The molecule has 8 heteroatoms. The average molecular weight is 401 g/mol. The molecule has 0 spiro atoms. The molecule has 1 heterocycles. The Hall–Kier alpha value is -3.00. The number of anilines is 1. The van der Waals surface area contributed by atoms with Crippen molar-refractivity contribution in [2.45, 2.75) is 11.3 Å². The number of benzene rings is 2. The number of nitrogens with one attached hydrogen (secondary N) is 1. The number of amides is 1. The summed E-state index contributed by atoms with van der Waals surface area (Å²) in [6, 6.07) is 9.66. The van der Waals surface area contributed by atoms with Gasteiger partial charge in [0.2, 0.25) is 5.91 Å². The second-order valence-corrected chi connectivity index (χ2v) is 7.06. The van der Waals surface area contributed by atoms with Crippen molar-refractivity contribution in [2.75, 3.05) is 31.9 Å². The molecular weight excluding hydrogens is 382 g/mol. The lowest BCUT2D eigenvalue weighted by atomic mass is 10.1. The Morgan fingerprint density at radius 2 is 1.79 bits per heavy atom. The molecule has 2 aromatic carbocycles. The van der Waals surface area contributed by atoms with Gasteiger partial charge in [-0.2, -0.15) is 0 Å². The van der Waals surface area contributed by atoms with E-state index in [1.807, 2.05) is 0 Å². The molecule has 0 radical (unpaired) electrons. The van der Waals surface area contributed by atoms with Crippen LogP contribution in [0, 0.1) is 0 Å². The van der Waals surface area contributed by atoms with Crippen molar-refractivity contribution in [3.05, 3.63) is 47.5 Å². The van der Waals surface area contributed by atoms with Crippen LogP contribution in [0.3, 0.4) is 0 Å². The first-order valence-electron chi connectivity index (χ1n) is 8.51. The number of fused-ring (bicyclic) bond motifs is 1. The van der Waals surface area contributed by atoms with E-state index in [2.05, 4.69) is 5.32 Å². The average Bonchev–Trinajstić information content (AvgIpc) is 2.90. The summed E-state index contributed by atoms with van der Waals surface area (Å²) in [4.78, 5) is 37.2. The molecule has 1 N–H and O–H groups in total. The van der Waals surface area contributed by atoms with Crippen molar-refractivity contribution in [2.24, 2.45) is 0 Å². The third-order valence-corrected chi connectivity index (χ3v) is 5.19. The van der Waals surface area contributed by atoms with E-state index in [1.165, 1.54) is 20.3 Å². The lowest BCUT2D eigenvalue weighted by Crippen LogP contribution is -2.15. The Morgan fingerprint density at radius 1 is 1.04 bits per heavy atom. The zero-order valence-electron chi connectivity index (χ0n) is 15.4. The van der Waals surface area contributed by atoms with Crippen LogP contribution in [0.15, 0.2) is 41.3 Å². The first kappa shape index (κ1) is 19.8. The monoisotopic (exact) mass is 401 g/mol. The van der Waals surface area contributed by atoms with Gasteiger partial charge in [0.05, 0.1) is 25.5 Å². The zero-order chi connectivity index (χ0) is 20.1. The molecular formula is C20H19NO6S. The molecule has 1 amide bonds. The van der Waals surface area contributed by atoms with Gasteiger partial charge < -0.3 is 19.5 Å². The van der Waals surface area contributed by atoms with Crippen LogP contribution >= 0.6 is 11.8 Å². The summed E-state index contributed by atoms with van der Waals surface area (Å²) >= 11 is 1.54. The minimum atomic E-state index is -0.639. The molecule has 1 aliphatic rings. The number of ether oxygens (including phenoxy) is 3. The van der Waals surface area contributed by atoms with Gasteiger partial charge in [-0.3, -0.25) is 9.59 Å². The molecule has 3 rings (SSSR count). The molecule has 28 heavy (non-hydrogen) atoms. The lowest BCUT2D eigenvalue weighted by Gasteiger charge is -2.10. The maximum absolute atomic E-state index is 12.3. The number of hydrogen-bond acceptors (Lipinski definition) is 7. The summed E-state index contributed by atoms with van der Waals surface area (Å²) < 4.78 is 15.5. The largest absolute Gasteiger partial charge is 0.493 e. The predicted octanol–water partition coefficient (Wildman–Crippen LogP) is 3.18. The Labute approximate surface area is 166 Å². The molecule has 7 nitrogen and oxygen atoms in total. The first-order valence-corrected chi connectivity index (χ1v) is 9.49. The number of carbonyl (C=O) groups excluding carboxylic acids is 3. The molecule has 146 valence electrons. The maximum Gasteiger partial charge on any atom is 0.338 e. The van der Waals surface area contributed by atoms with Crippen LogP contribution in [0.25, 0.3) is 0 Å². The minimum Gasteiger partial charge on any atom is -0.493 e. The van der Waals surface area contributed by atoms with Gasteiger partial charge >= 0.3 is 5.97 Å². The third kappa shape index (κ3) is 4.45. The van der Waals surface area contributed by atoms with Crippen LogP contribution in [0.1, 0.15) is 27.1 Å². The van der Waals surface area contributed by atoms with Crippen LogP contribution in [-0.2, 0) is 9.53 Å². The van der Waals surface area contributed by atoms with E-state index in [4.69, 9.17) is 14.2 Å². The molecule has 0 saturated carbocycles. The number of hydrogen-bond donors (Lipinski definition) is 1. The fourth-order valence-electron chi connectivity index (χ4n) is 2.65. The van der Waals surface area contributed by atoms with Gasteiger partial charge in [-0.15, -0.1) is 11.8 Å². The van der Waals surface area contributed by atoms with E-state index < -0.39 is 12.6 Å². The van der Waals surface area contributed by atoms with E-state index in [9.17, 15) is 14.4 Å². The number of Topliss-reactive ketones (excluding diaryl/α,β-unsaturated/α-hetero) is 1. The van der Waals surface area contributed by atoms with Crippen LogP contribution in [0.4, 0.5) is 5.69 Å². The summed E-state index contributed by atoms with van der Waals surface area (Å²) in [6.07, 6.45) is 0.416. The second-order valence-electron chi connectivity index (χ2n) is 5.93. The van der Waals surface area contributed by atoms with E-state index in [1.54, 1.807) is 42.1 Å². The fraction of sp³-hybridized carbons (Fsp3) is 0.250. The van der Waals surface area contributed by atoms with Gasteiger partial charge in [-0.1, -0.05) is 0 Å². The summed E-state index contributed by atoms with van der Waals surface area (Å²) in [6.45, 7) is -0.410. The molecule has 1 aliphatic heterocycles. The van der Waals surface area contributed by atoms with Crippen LogP contribution < -0.4 is 14.8 Å². The SMILES string of the molecule is COc1ccc(C(=O)COC(=O)c2ccc3c(c2)NC(=O)CCS3)cc1OC. The second kappa shape index (κ2) is 8.79. The Kier molecular flexibility index (Phi) is 6.20. The predicted molar refractivity (Wildman–Crippen MR) is 105 cm³/mol. The van der Waals surface area contributed by atoms with Crippen molar-refractivity contribution in [1.82, 2.24) is 0 Å². The molecule has 0 fully saturated rings. The van der Waals surface area contributed by atoms with Crippen LogP contribution in [-0.4, -0.2) is 44.2 Å². The third-order valence-electron chi connectivity index (χ3n) is 4.12. The quantitative estimate of drug-likeness (QED) is 0.587. The lowest BCUT2D eigenvalue weighted by molar-refractivity contribution is -0.115. The van der Waals surface area contributed by atoms with E-state index in [-0.39, 0.29) is 17.3 Å². The van der Waals surface area contributed by atoms with Crippen LogP contribution in [0.2, 0.25) is 0 Å². The molecule has 0 aromatic heterocycles. The number of esters is 1. The summed E-state index contributed by atoms with van der Waals surface area (Å²) in [5, 5.41) is 2.77. The van der Waals surface area contributed by atoms with E-state index >= 15 is 0 Å². The van der Waals surface area contributed by atoms with Crippen molar-refractivity contribution in [3.63, 3.8) is 0 Å².